The molecule has 0 saturated heterocycles. The fourth-order valence-electron chi connectivity index (χ4n) is 2.86. The van der Waals surface area contributed by atoms with E-state index in [1.165, 1.54) is 25.7 Å². The number of rotatable bonds is 2. The van der Waals surface area contributed by atoms with Crippen LogP contribution < -0.4 is 4.90 Å². The van der Waals surface area contributed by atoms with E-state index in [2.05, 4.69) is 6.07 Å². The second-order valence-corrected chi connectivity index (χ2v) is 5.19. The van der Waals surface area contributed by atoms with Crippen molar-refractivity contribution >= 4 is 11.6 Å². The van der Waals surface area contributed by atoms with Crippen molar-refractivity contribution in [1.82, 2.24) is 0 Å². The lowest BCUT2D eigenvalue weighted by Crippen LogP contribution is -2.38. The van der Waals surface area contributed by atoms with Crippen molar-refractivity contribution in [2.75, 3.05) is 4.90 Å². The molecule has 19 heavy (non-hydrogen) atoms. The molecule has 100 valence electrons. The topological polar surface area (TPSA) is 44.1 Å². The smallest absolute Gasteiger partial charge is 0.224 e. The monoisotopic (exact) mass is 256 g/mol. The highest BCUT2D eigenvalue weighted by molar-refractivity contribution is 5.92. The van der Waals surface area contributed by atoms with E-state index in [-0.39, 0.29) is 5.91 Å². The molecular formula is C16H20N2O. The van der Waals surface area contributed by atoms with Crippen LogP contribution in [0.2, 0.25) is 0 Å². The van der Waals surface area contributed by atoms with Crippen molar-refractivity contribution in [1.29, 1.82) is 5.26 Å². The van der Waals surface area contributed by atoms with Gasteiger partial charge in [-0.05, 0) is 37.1 Å². The van der Waals surface area contributed by atoms with Gasteiger partial charge >= 0.3 is 0 Å². The zero-order valence-corrected chi connectivity index (χ0v) is 11.4. The van der Waals surface area contributed by atoms with Crippen LogP contribution in [0.3, 0.4) is 0 Å². The molecule has 1 saturated carbocycles. The van der Waals surface area contributed by atoms with Gasteiger partial charge in [-0.25, -0.2) is 0 Å². The number of nitriles is 1. The highest BCUT2D eigenvalue weighted by atomic mass is 16.2. The van der Waals surface area contributed by atoms with Gasteiger partial charge in [-0.2, -0.15) is 5.26 Å². The maximum absolute atomic E-state index is 12.0. The number of amides is 1. The molecule has 1 aliphatic carbocycles. The van der Waals surface area contributed by atoms with Crippen LogP contribution in [-0.2, 0) is 4.79 Å². The lowest BCUT2D eigenvalue weighted by Gasteiger charge is -2.30. The van der Waals surface area contributed by atoms with E-state index in [0.29, 0.717) is 11.6 Å². The Kier molecular flexibility index (Phi) is 4.57. The summed E-state index contributed by atoms with van der Waals surface area (Å²) in [7, 11) is 0. The van der Waals surface area contributed by atoms with E-state index in [0.717, 1.165) is 18.5 Å². The minimum atomic E-state index is 0.0941. The Labute approximate surface area is 114 Å². The summed E-state index contributed by atoms with van der Waals surface area (Å²) in [6.45, 7) is 1.63. The molecule has 0 N–H and O–H groups in total. The van der Waals surface area contributed by atoms with E-state index in [9.17, 15) is 4.79 Å². The summed E-state index contributed by atoms with van der Waals surface area (Å²) in [5.74, 6) is 0.0941. The first-order valence-electron chi connectivity index (χ1n) is 7.02. The van der Waals surface area contributed by atoms with Gasteiger partial charge in [0, 0.05) is 18.7 Å². The summed E-state index contributed by atoms with van der Waals surface area (Å²) in [6, 6.07) is 9.74. The predicted molar refractivity (Wildman–Crippen MR) is 75.8 cm³/mol. The molecule has 1 aliphatic rings. The molecule has 0 aliphatic heterocycles. The van der Waals surface area contributed by atoms with Crippen molar-refractivity contribution in [2.24, 2.45) is 0 Å². The number of nitrogens with zero attached hydrogens (tertiary/aromatic N) is 2. The molecular weight excluding hydrogens is 236 g/mol. The SMILES string of the molecule is CC(=O)N(c1ccc(C#N)cc1)C1CCCCCC1. The molecule has 0 heterocycles. The minimum absolute atomic E-state index is 0.0941. The van der Waals surface area contributed by atoms with Crippen molar-refractivity contribution in [3.05, 3.63) is 29.8 Å². The van der Waals surface area contributed by atoms with E-state index in [4.69, 9.17) is 5.26 Å². The Hall–Kier alpha value is -1.82. The van der Waals surface area contributed by atoms with E-state index in [1.54, 1.807) is 19.1 Å². The van der Waals surface area contributed by atoms with Crippen LogP contribution in [0, 0.1) is 11.3 Å². The fourth-order valence-corrected chi connectivity index (χ4v) is 2.86. The summed E-state index contributed by atoms with van der Waals surface area (Å²) < 4.78 is 0. The number of carbonyl (C=O) groups excluding carboxylic acids is 1. The first kappa shape index (κ1) is 13.6. The van der Waals surface area contributed by atoms with Crippen molar-refractivity contribution < 1.29 is 4.79 Å². The third-order valence-electron chi connectivity index (χ3n) is 3.80. The van der Waals surface area contributed by atoms with E-state index < -0.39 is 0 Å². The summed E-state index contributed by atoms with van der Waals surface area (Å²) >= 11 is 0. The Morgan fingerprint density at radius 1 is 1.16 bits per heavy atom. The second kappa shape index (κ2) is 6.38. The summed E-state index contributed by atoms with van der Waals surface area (Å²) in [4.78, 5) is 13.9. The molecule has 1 aromatic carbocycles. The quantitative estimate of drug-likeness (QED) is 0.758. The Bertz CT molecular complexity index is 465. The number of hydrogen-bond acceptors (Lipinski definition) is 2. The molecule has 2 rings (SSSR count). The average molecular weight is 256 g/mol. The maximum atomic E-state index is 12.0. The molecule has 0 radical (unpaired) electrons. The first-order chi connectivity index (χ1) is 9.22. The van der Waals surface area contributed by atoms with Gasteiger partial charge in [0.2, 0.25) is 5.91 Å². The highest BCUT2D eigenvalue weighted by Gasteiger charge is 2.23. The normalized spacial score (nSPS) is 16.4. The van der Waals surface area contributed by atoms with E-state index in [1.807, 2.05) is 17.0 Å². The first-order valence-corrected chi connectivity index (χ1v) is 7.02. The molecule has 0 spiro atoms. The number of benzene rings is 1. The predicted octanol–water partition coefficient (Wildman–Crippen LogP) is 3.63. The Morgan fingerprint density at radius 2 is 1.74 bits per heavy atom. The lowest BCUT2D eigenvalue weighted by atomic mass is 10.1. The van der Waals surface area contributed by atoms with Gasteiger partial charge < -0.3 is 4.90 Å². The van der Waals surface area contributed by atoms with Gasteiger partial charge in [0.25, 0.3) is 0 Å². The van der Waals surface area contributed by atoms with Gasteiger partial charge in [0.15, 0.2) is 0 Å². The van der Waals surface area contributed by atoms with Crippen LogP contribution >= 0.6 is 0 Å². The largest absolute Gasteiger partial charge is 0.310 e. The summed E-state index contributed by atoms with van der Waals surface area (Å²) in [6.07, 6.45) is 7.11. The van der Waals surface area contributed by atoms with Gasteiger partial charge in [0.05, 0.1) is 11.6 Å². The standard InChI is InChI=1S/C16H20N2O/c1-13(19)18(15-6-4-2-3-5-7-15)16-10-8-14(12-17)9-11-16/h8-11,15H,2-7H2,1H3. The molecule has 3 nitrogen and oxygen atoms in total. The molecule has 0 unspecified atom stereocenters. The Morgan fingerprint density at radius 3 is 2.21 bits per heavy atom. The maximum Gasteiger partial charge on any atom is 0.224 e. The van der Waals surface area contributed by atoms with Crippen LogP contribution in [0.1, 0.15) is 51.0 Å². The third kappa shape index (κ3) is 3.35. The number of anilines is 1. The van der Waals surface area contributed by atoms with Gasteiger partial charge in [-0.15, -0.1) is 0 Å². The van der Waals surface area contributed by atoms with Crippen molar-refractivity contribution in [3.8, 4) is 6.07 Å². The van der Waals surface area contributed by atoms with Gasteiger partial charge in [-0.1, -0.05) is 25.7 Å². The van der Waals surface area contributed by atoms with Crippen LogP contribution in [0.15, 0.2) is 24.3 Å². The molecule has 0 bridgehead atoms. The number of hydrogen-bond donors (Lipinski definition) is 0. The molecule has 1 aromatic rings. The van der Waals surface area contributed by atoms with Crippen molar-refractivity contribution in [2.45, 2.75) is 51.5 Å². The summed E-state index contributed by atoms with van der Waals surface area (Å²) in [5, 5.41) is 8.83. The Balaban J connectivity index is 2.23. The zero-order valence-electron chi connectivity index (χ0n) is 11.4. The van der Waals surface area contributed by atoms with Gasteiger partial charge in [0.1, 0.15) is 0 Å². The molecule has 0 atom stereocenters. The molecule has 1 fully saturated rings. The van der Waals surface area contributed by atoms with Crippen LogP contribution in [0.25, 0.3) is 0 Å². The van der Waals surface area contributed by atoms with Crippen LogP contribution in [-0.4, -0.2) is 11.9 Å². The van der Waals surface area contributed by atoms with E-state index >= 15 is 0 Å². The minimum Gasteiger partial charge on any atom is -0.310 e. The summed E-state index contributed by atoms with van der Waals surface area (Å²) in [5.41, 5.74) is 1.55. The lowest BCUT2D eigenvalue weighted by molar-refractivity contribution is -0.117. The van der Waals surface area contributed by atoms with Gasteiger partial charge in [-0.3, -0.25) is 4.79 Å². The van der Waals surface area contributed by atoms with Crippen molar-refractivity contribution in [3.63, 3.8) is 0 Å². The second-order valence-electron chi connectivity index (χ2n) is 5.19. The van der Waals surface area contributed by atoms with Crippen LogP contribution in [0.5, 0.6) is 0 Å². The zero-order chi connectivity index (χ0) is 13.7. The average Bonchev–Trinajstić information content (AvgIpc) is 2.68. The third-order valence-corrected chi connectivity index (χ3v) is 3.80. The number of carbonyl (C=O) groups is 1. The molecule has 0 aromatic heterocycles. The fraction of sp³-hybridized carbons (Fsp3) is 0.500. The van der Waals surface area contributed by atoms with Crippen LogP contribution in [0.4, 0.5) is 5.69 Å². The highest BCUT2D eigenvalue weighted by Crippen LogP contribution is 2.27. The molecule has 3 heteroatoms. The molecule has 1 amide bonds.